The van der Waals surface area contributed by atoms with Crippen LogP contribution in [0.25, 0.3) is 0 Å². The number of nitro groups is 1. The highest BCUT2D eigenvalue weighted by molar-refractivity contribution is 5.61. The minimum Gasteiger partial charge on any atom is -0.395 e. The van der Waals surface area contributed by atoms with Gasteiger partial charge in [0.15, 0.2) is 0 Å². The van der Waals surface area contributed by atoms with E-state index in [9.17, 15) is 10.1 Å². The molecular weight excluding hydrogens is 260 g/mol. The number of anilines is 2. The third-order valence-corrected chi connectivity index (χ3v) is 2.77. The Bertz CT molecular complexity index is 434. The van der Waals surface area contributed by atoms with Gasteiger partial charge in [-0.3, -0.25) is 10.1 Å². The Morgan fingerprint density at radius 1 is 1.35 bits per heavy atom. The number of aliphatic hydroxyl groups is 1. The van der Waals surface area contributed by atoms with Crippen molar-refractivity contribution < 1.29 is 10.0 Å². The number of rotatable bonds is 9. The highest BCUT2D eigenvalue weighted by Gasteiger charge is 2.21. The van der Waals surface area contributed by atoms with Crippen molar-refractivity contribution in [3.63, 3.8) is 0 Å². The first-order valence-corrected chi connectivity index (χ1v) is 6.89. The van der Waals surface area contributed by atoms with Gasteiger partial charge in [0, 0.05) is 25.7 Å². The van der Waals surface area contributed by atoms with Gasteiger partial charge in [-0.1, -0.05) is 13.8 Å². The van der Waals surface area contributed by atoms with E-state index in [0.29, 0.717) is 24.7 Å². The predicted octanol–water partition coefficient (Wildman–Crippen LogP) is 2.02. The van der Waals surface area contributed by atoms with Gasteiger partial charge >= 0.3 is 5.69 Å². The first-order valence-electron chi connectivity index (χ1n) is 6.89. The zero-order valence-corrected chi connectivity index (χ0v) is 12.0. The summed E-state index contributed by atoms with van der Waals surface area (Å²) in [6, 6.07) is 3.07. The first kappa shape index (κ1) is 16.2. The molecule has 0 fully saturated rings. The van der Waals surface area contributed by atoms with Crippen LogP contribution in [-0.4, -0.2) is 41.3 Å². The maximum atomic E-state index is 11.1. The molecule has 0 spiro atoms. The third kappa shape index (κ3) is 4.34. The molecule has 2 N–H and O–H groups in total. The zero-order chi connectivity index (χ0) is 15.0. The molecule has 1 rings (SSSR count). The van der Waals surface area contributed by atoms with Crippen molar-refractivity contribution >= 4 is 17.3 Å². The van der Waals surface area contributed by atoms with Gasteiger partial charge in [-0.15, -0.1) is 0 Å². The van der Waals surface area contributed by atoms with E-state index < -0.39 is 4.92 Å². The lowest BCUT2D eigenvalue weighted by Crippen LogP contribution is -2.29. The van der Waals surface area contributed by atoms with Crippen LogP contribution in [0, 0.1) is 10.1 Å². The topological polar surface area (TPSA) is 91.5 Å². The molecule has 0 unspecified atom stereocenters. The van der Waals surface area contributed by atoms with Crippen LogP contribution in [0.15, 0.2) is 12.1 Å². The van der Waals surface area contributed by atoms with Crippen molar-refractivity contribution in [1.82, 2.24) is 4.98 Å². The average molecular weight is 282 g/mol. The molecule has 1 aromatic heterocycles. The van der Waals surface area contributed by atoms with Crippen LogP contribution in [0.5, 0.6) is 0 Å². The molecule has 0 saturated heterocycles. The van der Waals surface area contributed by atoms with Gasteiger partial charge in [0.05, 0.1) is 11.5 Å². The van der Waals surface area contributed by atoms with E-state index in [4.69, 9.17) is 5.11 Å². The summed E-state index contributed by atoms with van der Waals surface area (Å²) >= 11 is 0. The minimum absolute atomic E-state index is 0.0334. The SMILES string of the molecule is CCCNc1ccc([N+](=O)[O-])c(N(CCC)CCO)n1. The molecule has 7 heteroatoms. The van der Waals surface area contributed by atoms with E-state index >= 15 is 0 Å². The van der Waals surface area contributed by atoms with Crippen molar-refractivity contribution in [2.75, 3.05) is 36.5 Å². The molecule has 0 atom stereocenters. The molecule has 112 valence electrons. The van der Waals surface area contributed by atoms with Gasteiger partial charge in [0.1, 0.15) is 5.82 Å². The van der Waals surface area contributed by atoms with Crippen molar-refractivity contribution in [1.29, 1.82) is 0 Å². The Hall–Kier alpha value is -1.89. The third-order valence-electron chi connectivity index (χ3n) is 2.77. The van der Waals surface area contributed by atoms with Gasteiger partial charge in [0.25, 0.3) is 0 Å². The fraction of sp³-hybridized carbons (Fsp3) is 0.615. The van der Waals surface area contributed by atoms with Crippen LogP contribution < -0.4 is 10.2 Å². The lowest BCUT2D eigenvalue weighted by molar-refractivity contribution is -0.384. The average Bonchev–Trinajstić information content (AvgIpc) is 2.44. The normalized spacial score (nSPS) is 10.3. The fourth-order valence-corrected chi connectivity index (χ4v) is 1.88. The van der Waals surface area contributed by atoms with E-state index in [1.165, 1.54) is 6.07 Å². The lowest BCUT2D eigenvalue weighted by Gasteiger charge is -2.22. The molecule has 0 saturated carbocycles. The molecule has 1 aromatic rings. The highest BCUT2D eigenvalue weighted by atomic mass is 16.6. The number of hydrogen-bond acceptors (Lipinski definition) is 6. The van der Waals surface area contributed by atoms with E-state index in [-0.39, 0.29) is 12.3 Å². The fourth-order valence-electron chi connectivity index (χ4n) is 1.88. The van der Waals surface area contributed by atoms with Crippen LogP contribution in [0.3, 0.4) is 0 Å². The van der Waals surface area contributed by atoms with E-state index in [1.54, 1.807) is 11.0 Å². The quantitative estimate of drug-likeness (QED) is 0.532. The summed E-state index contributed by atoms with van der Waals surface area (Å²) in [4.78, 5) is 16.8. The van der Waals surface area contributed by atoms with Gasteiger partial charge in [-0.2, -0.15) is 0 Å². The summed E-state index contributed by atoms with van der Waals surface area (Å²) in [5.74, 6) is 0.929. The van der Waals surface area contributed by atoms with Crippen LogP contribution in [0.2, 0.25) is 0 Å². The second kappa shape index (κ2) is 8.31. The van der Waals surface area contributed by atoms with Gasteiger partial charge < -0.3 is 15.3 Å². The molecule has 0 aliphatic carbocycles. The number of aromatic nitrogens is 1. The summed E-state index contributed by atoms with van der Waals surface area (Å²) in [7, 11) is 0. The number of pyridine rings is 1. The number of hydrogen-bond donors (Lipinski definition) is 2. The van der Waals surface area contributed by atoms with E-state index in [1.807, 2.05) is 13.8 Å². The van der Waals surface area contributed by atoms with E-state index in [0.717, 1.165) is 19.4 Å². The second-order valence-electron chi connectivity index (χ2n) is 4.43. The molecule has 0 amide bonds. The Labute approximate surface area is 118 Å². The monoisotopic (exact) mass is 282 g/mol. The Morgan fingerprint density at radius 2 is 2.10 bits per heavy atom. The van der Waals surface area contributed by atoms with Crippen LogP contribution in [0.4, 0.5) is 17.3 Å². The van der Waals surface area contributed by atoms with Gasteiger partial charge in [-0.05, 0) is 18.9 Å². The van der Waals surface area contributed by atoms with Crippen molar-refractivity contribution in [3.8, 4) is 0 Å². The smallest absolute Gasteiger partial charge is 0.311 e. The summed E-state index contributed by atoms with van der Waals surface area (Å²) in [5.41, 5.74) is -0.0334. The standard InChI is InChI=1S/C13H22N4O3/c1-3-7-14-12-6-5-11(17(19)20)13(15-12)16(8-4-2)9-10-18/h5-6,18H,3-4,7-10H2,1-2H3,(H,14,15). The maximum absolute atomic E-state index is 11.1. The first-order chi connectivity index (χ1) is 9.63. The van der Waals surface area contributed by atoms with Crippen LogP contribution in [0.1, 0.15) is 26.7 Å². The predicted molar refractivity (Wildman–Crippen MR) is 79.3 cm³/mol. The lowest BCUT2D eigenvalue weighted by atomic mass is 10.3. The molecule has 0 aliphatic rings. The number of nitrogens with zero attached hydrogens (tertiary/aromatic N) is 3. The Kier molecular flexibility index (Phi) is 6.72. The number of aliphatic hydroxyl groups excluding tert-OH is 1. The zero-order valence-electron chi connectivity index (χ0n) is 12.0. The van der Waals surface area contributed by atoms with Crippen molar-refractivity contribution in [2.24, 2.45) is 0 Å². The number of nitrogens with one attached hydrogen (secondary N) is 1. The second-order valence-corrected chi connectivity index (χ2v) is 4.43. The molecule has 0 radical (unpaired) electrons. The molecule has 7 nitrogen and oxygen atoms in total. The van der Waals surface area contributed by atoms with Crippen molar-refractivity contribution in [3.05, 3.63) is 22.2 Å². The molecule has 20 heavy (non-hydrogen) atoms. The molecule has 0 aliphatic heterocycles. The largest absolute Gasteiger partial charge is 0.395 e. The van der Waals surface area contributed by atoms with E-state index in [2.05, 4.69) is 10.3 Å². The van der Waals surface area contributed by atoms with Gasteiger partial charge in [-0.25, -0.2) is 4.98 Å². The summed E-state index contributed by atoms with van der Waals surface area (Å²) in [6.07, 6.45) is 1.77. The molecule has 1 heterocycles. The van der Waals surface area contributed by atoms with Crippen LogP contribution in [-0.2, 0) is 0 Å². The minimum atomic E-state index is -0.439. The molecule has 0 bridgehead atoms. The Balaban J connectivity index is 3.11. The summed E-state index contributed by atoms with van der Waals surface area (Å²) < 4.78 is 0. The van der Waals surface area contributed by atoms with Crippen molar-refractivity contribution in [2.45, 2.75) is 26.7 Å². The Morgan fingerprint density at radius 3 is 2.65 bits per heavy atom. The molecule has 0 aromatic carbocycles. The van der Waals surface area contributed by atoms with Gasteiger partial charge in [0.2, 0.25) is 5.82 Å². The molecular formula is C13H22N4O3. The highest BCUT2D eigenvalue weighted by Crippen LogP contribution is 2.27. The van der Waals surface area contributed by atoms with Crippen LogP contribution >= 0.6 is 0 Å². The summed E-state index contributed by atoms with van der Waals surface area (Å²) in [5, 5.41) is 23.3. The maximum Gasteiger partial charge on any atom is 0.311 e. The summed E-state index contributed by atoms with van der Waals surface area (Å²) in [6.45, 7) is 5.66.